The predicted octanol–water partition coefficient (Wildman–Crippen LogP) is 2.80. The number of carbonyl (C=O) groups is 2. The highest BCUT2D eigenvalue weighted by Crippen LogP contribution is 2.36. The smallest absolute Gasteiger partial charge is 0.274 e. The average Bonchev–Trinajstić information content (AvgIpc) is 3.34. The molecule has 1 saturated carbocycles. The Balaban J connectivity index is 1.96. The topological polar surface area (TPSA) is 85.2 Å². The number of rotatable bonds is 5. The molecule has 132 valence electrons. The van der Waals surface area contributed by atoms with E-state index >= 15 is 0 Å². The van der Waals surface area contributed by atoms with Crippen LogP contribution < -0.4 is 15.4 Å². The van der Waals surface area contributed by atoms with Crippen molar-refractivity contribution in [3.63, 3.8) is 0 Å². The fraction of sp³-hybridized carbons (Fsp3) is 0.353. The maximum absolute atomic E-state index is 12.8. The second kappa shape index (κ2) is 6.76. The number of nitrogens with one attached hydrogen (secondary N) is 2. The van der Waals surface area contributed by atoms with Crippen LogP contribution in [0.2, 0.25) is 5.02 Å². The zero-order chi connectivity index (χ0) is 18.1. The van der Waals surface area contributed by atoms with Crippen molar-refractivity contribution < 1.29 is 14.3 Å². The van der Waals surface area contributed by atoms with Gasteiger partial charge < -0.3 is 15.4 Å². The Bertz CT molecular complexity index is 843. The van der Waals surface area contributed by atoms with Crippen LogP contribution in [0, 0.1) is 6.92 Å². The van der Waals surface area contributed by atoms with E-state index in [1.807, 2.05) is 0 Å². The minimum absolute atomic E-state index is 0.217. The van der Waals surface area contributed by atoms with Crippen LogP contribution in [0.15, 0.2) is 18.2 Å². The second-order valence-electron chi connectivity index (χ2n) is 5.93. The zero-order valence-corrected chi connectivity index (χ0v) is 15.0. The Morgan fingerprint density at radius 1 is 1.28 bits per heavy atom. The number of methoxy groups -OCH3 is 1. The van der Waals surface area contributed by atoms with Gasteiger partial charge in [-0.1, -0.05) is 11.6 Å². The molecule has 25 heavy (non-hydrogen) atoms. The number of halogens is 1. The lowest BCUT2D eigenvalue weighted by molar-refractivity contribution is 0.0964. The van der Waals surface area contributed by atoms with Gasteiger partial charge in [-0.3, -0.25) is 14.3 Å². The van der Waals surface area contributed by atoms with Crippen molar-refractivity contribution in [2.75, 3.05) is 19.5 Å². The molecule has 1 aliphatic rings. The third kappa shape index (κ3) is 3.46. The number of aromatic nitrogens is 2. The molecule has 8 heteroatoms. The third-order valence-corrected chi connectivity index (χ3v) is 4.28. The summed E-state index contributed by atoms with van der Waals surface area (Å²) in [6.45, 7) is 1.78. The molecule has 0 radical (unpaired) electrons. The molecule has 2 aromatic rings. The molecule has 2 N–H and O–H groups in total. The van der Waals surface area contributed by atoms with Crippen molar-refractivity contribution >= 4 is 29.1 Å². The van der Waals surface area contributed by atoms with E-state index in [9.17, 15) is 9.59 Å². The summed E-state index contributed by atoms with van der Waals surface area (Å²) in [6, 6.07) is 5.04. The maximum atomic E-state index is 12.8. The van der Waals surface area contributed by atoms with Gasteiger partial charge in [0.1, 0.15) is 5.69 Å². The lowest BCUT2D eigenvalue weighted by Gasteiger charge is -2.14. The molecule has 0 spiro atoms. The summed E-state index contributed by atoms with van der Waals surface area (Å²) < 4.78 is 6.82. The van der Waals surface area contributed by atoms with Crippen LogP contribution in [0.1, 0.15) is 45.3 Å². The molecule has 1 aromatic heterocycles. The zero-order valence-electron chi connectivity index (χ0n) is 14.2. The molecule has 3 rings (SSSR count). The van der Waals surface area contributed by atoms with Gasteiger partial charge in [0.15, 0.2) is 0 Å². The number of nitrogens with zero attached hydrogens (tertiary/aromatic N) is 2. The molecular weight excluding hydrogens is 344 g/mol. The van der Waals surface area contributed by atoms with Crippen molar-refractivity contribution in [1.29, 1.82) is 0 Å². The van der Waals surface area contributed by atoms with Gasteiger partial charge in [0.05, 0.1) is 24.4 Å². The van der Waals surface area contributed by atoms with Gasteiger partial charge in [0.2, 0.25) is 5.88 Å². The molecule has 7 nitrogen and oxygen atoms in total. The first-order chi connectivity index (χ1) is 11.9. The summed E-state index contributed by atoms with van der Waals surface area (Å²) in [4.78, 5) is 24.9. The second-order valence-corrected chi connectivity index (χ2v) is 6.36. The summed E-state index contributed by atoms with van der Waals surface area (Å²) in [6.07, 6.45) is 1.96. The third-order valence-electron chi connectivity index (χ3n) is 4.06. The van der Waals surface area contributed by atoms with Gasteiger partial charge in [-0.05, 0) is 37.5 Å². The highest BCUT2D eigenvalue weighted by atomic mass is 35.5. The quantitative estimate of drug-likeness (QED) is 0.856. The molecule has 2 amide bonds. The van der Waals surface area contributed by atoms with Crippen LogP contribution in [-0.4, -0.2) is 35.8 Å². The summed E-state index contributed by atoms with van der Waals surface area (Å²) in [5.74, 6) is -0.288. The molecule has 1 fully saturated rings. The molecule has 0 bridgehead atoms. The van der Waals surface area contributed by atoms with E-state index in [1.165, 1.54) is 20.2 Å². The minimum atomic E-state index is -0.349. The molecule has 0 atom stereocenters. The SMILES string of the molecule is CNC(=O)c1cc(Cl)cc(C)c1NC(=O)c1cc(OC)nn1C1CC1. The molecule has 1 aromatic carbocycles. The molecule has 0 aliphatic heterocycles. The Morgan fingerprint density at radius 2 is 2.00 bits per heavy atom. The van der Waals surface area contributed by atoms with Crippen LogP contribution in [0.5, 0.6) is 5.88 Å². The normalized spacial score (nSPS) is 13.4. The van der Waals surface area contributed by atoms with Crippen molar-refractivity contribution in [3.8, 4) is 5.88 Å². The van der Waals surface area contributed by atoms with Crippen LogP contribution >= 0.6 is 11.6 Å². The predicted molar refractivity (Wildman–Crippen MR) is 94.6 cm³/mol. The standard InChI is InChI=1S/C17H19ClN4O3/c1-9-6-10(18)7-12(16(23)19-2)15(9)20-17(24)13-8-14(25-3)21-22(13)11-4-5-11/h6-8,11H,4-5H2,1-3H3,(H,19,23)(H,20,24). The molecular formula is C17H19ClN4O3. The first kappa shape index (κ1) is 17.3. The summed E-state index contributed by atoms with van der Waals surface area (Å²) >= 11 is 6.05. The maximum Gasteiger partial charge on any atom is 0.274 e. The van der Waals surface area contributed by atoms with E-state index in [1.54, 1.807) is 23.7 Å². The van der Waals surface area contributed by atoms with E-state index in [-0.39, 0.29) is 17.9 Å². The number of benzene rings is 1. The average molecular weight is 363 g/mol. The number of hydrogen-bond donors (Lipinski definition) is 2. The highest BCUT2D eigenvalue weighted by Gasteiger charge is 2.30. The molecule has 1 heterocycles. The fourth-order valence-corrected chi connectivity index (χ4v) is 2.91. The molecule has 0 unspecified atom stereocenters. The number of amides is 2. The first-order valence-electron chi connectivity index (χ1n) is 7.91. The number of carbonyl (C=O) groups excluding carboxylic acids is 2. The lowest BCUT2D eigenvalue weighted by atomic mass is 10.1. The van der Waals surface area contributed by atoms with Crippen LogP contribution in [0.3, 0.4) is 0 Å². The van der Waals surface area contributed by atoms with Crippen LogP contribution in [0.4, 0.5) is 5.69 Å². The summed E-state index contributed by atoms with van der Waals surface area (Å²) in [7, 11) is 3.03. The Labute approximate surface area is 150 Å². The molecule has 1 aliphatic carbocycles. The lowest BCUT2D eigenvalue weighted by Crippen LogP contribution is -2.23. The number of ether oxygens (including phenoxy) is 1. The Kier molecular flexibility index (Phi) is 4.67. The van der Waals surface area contributed by atoms with Crippen LogP contribution in [-0.2, 0) is 0 Å². The van der Waals surface area contributed by atoms with Gasteiger partial charge in [0.25, 0.3) is 11.8 Å². The van der Waals surface area contributed by atoms with Crippen molar-refractivity contribution in [1.82, 2.24) is 15.1 Å². The van der Waals surface area contributed by atoms with Gasteiger partial charge in [0, 0.05) is 18.1 Å². The summed E-state index contributed by atoms with van der Waals surface area (Å²) in [5.41, 5.74) is 1.84. The van der Waals surface area contributed by atoms with Crippen LogP contribution in [0.25, 0.3) is 0 Å². The van der Waals surface area contributed by atoms with Crippen molar-refractivity contribution in [2.24, 2.45) is 0 Å². The van der Waals surface area contributed by atoms with Gasteiger partial charge >= 0.3 is 0 Å². The van der Waals surface area contributed by atoms with Gasteiger partial charge in [-0.15, -0.1) is 5.10 Å². The first-order valence-corrected chi connectivity index (χ1v) is 8.29. The van der Waals surface area contributed by atoms with Crippen molar-refractivity contribution in [2.45, 2.75) is 25.8 Å². The number of anilines is 1. The van der Waals surface area contributed by atoms with Gasteiger partial charge in [-0.25, -0.2) is 0 Å². The highest BCUT2D eigenvalue weighted by molar-refractivity contribution is 6.31. The number of aryl methyl sites for hydroxylation is 1. The monoisotopic (exact) mass is 362 g/mol. The fourth-order valence-electron chi connectivity index (χ4n) is 2.64. The molecule has 0 saturated heterocycles. The van der Waals surface area contributed by atoms with E-state index < -0.39 is 0 Å². The Morgan fingerprint density at radius 3 is 2.60 bits per heavy atom. The van der Waals surface area contributed by atoms with E-state index in [0.29, 0.717) is 33.4 Å². The van der Waals surface area contributed by atoms with E-state index in [4.69, 9.17) is 16.3 Å². The number of hydrogen-bond acceptors (Lipinski definition) is 4. The minimum Gasteiger partial charge on any atom is -0.480 e. The van der Waals surface area contributed by atoms with Crippen molar-refractivity contribution in [3.05, 3.63) is 40.0 Å². The Hall–Kier alpha value is -2.54. The van der Waals surface area contributed by atoms with Gasteiger partial charge in [-0.2, -0.15) is 0 Å². The van der Waals surface area contributed by atoms with E-state index in [2.05, 4.69) is 15.7 Å². The summed E-state index contributed by atoms with van der Waals surface area (Å²) in [5, 5.41) is 10.1. The largest absolute Gasteiger partial charge is 0.480 e. The van der Waals surface area contributed by atoms with E-state index in [0.717, 1.165) is 12.8 Å².